The number of aryl methyl sites for hydroxylation is 1. The summed E-state index contributed by atoms with van der Waals surface area (Å²) in [5, 5.41) is 3.44. The fraction of sp³-hybridized carbons (Fsp3) is 0.667. The normalized spacial score (nSPS) is 11.5. The predicted molar refractivity (Wildman–Crippen MR) is 67.4 cm³/mol. The summed E-state index contributed by atoms with van der Waals surface area (Å²) >= 11 is 0. The lowest BCUT2D eigenvalue weighted by molar-refractivity contribution is 0.443. The third-order valence-electron chi connectivity index (χ3n) is 3.22. The molecule has 0 radical (unpaired) electrons. The van der Waals surface area contributed by atoms with Crippen LogP contribution in [0.4, 0.5) is 5.82 Å². The molecule has 0 bridgehead atoms. The van der Waals surface area contributed by atoms with Gasteiger partial charge in [0.15, 0.2) is 0 Å². The molecule has 0 aliphatic heterocycles. The van der Waals surface area contributed by atoms with Crippen molar-refractivity contribution in [2.75, 3.05) is 11.9 Å². The predicted octanol–water partition coefficient (Wildman–Crippen LogP) is 1.97. The summed E-state index contributed by atoms with van der Waals surface area (Å²) in [6.07, 6.45) is 4.51. The standard InChI is InChI=1S/C12H22N4/c1-4-10-7-11(15-9-14-10)16-12(5-2,6-3)8-13/h7,9H,4-6,8,13H2,1-3H3,(H,14,15,16). The van der Waals surface area contributed by atoms with Gasteiger partial charge >= 0.3 is 0 Å². The smallest absolute Gasteiger partial charge is 0.130 e. The maximum atomic E-state index is 5.84. The van der Waals surface area contributed by atoms with E-state index in [4.69, 9.17) is 5.73 Å². The van der Waals surface area contributed by atoms with Crippen molar-refractivity contribution in [1.29, 1.82) is 0 Å². The van der Waals surface area contributed by atoms with Gasteiger partial charge < -0.3 is 11.1 Å². The summed E-state index contributed by atoms with van der Waals surface area (Å²) < 4.78 is 0. The van der Waals surface area contributed by atoms with E-state index >= 15 is 0 Å². The van der Waals surface area contributed by atoms with E-state index < -0.39 is 0 Å². The number of hydrogen-bond donors (Lipinski definition) is 2. The highest BCUT2D eigenvalue weighted by atomic mass is 15.1. The van der Waals surface area contributed by atoms with Gasteiger partial charge in [0.25, 0.3) is 0 Å². The zero-order valence-corrected chi connectivity index (χ0v) is 10.5. The van der Waals surface area contributed by atoms with Crippen molar-refractivity contribution in [2.45, 2.75) is 45.6 Å². The van der Waals surface area contributed by atoms with Crippen LogP contribution >= 0.6 is 0 Å². The Bertz CT molecular complexity index is 312. The van der Waals surface area contributed by atoms with Crippen molar-refractivity contribution in [1.82, 2.24) is 9.97 Å². The molecular formula is C12H22N4. The highest BCUT2D eigenvalue weighted by molar-refractivity contribution is 5.38. The van der Waals surface area contributed by atoms with Crippen LogP contribution in [-0.2, 0) is 6.42 Å². The van der Waals surface area contributed by atoms with Crippen LogP contribution in [0.3, 0.4) is 0 Å². The maximum Gasteiger partial charge on any atom is 0.130 e. The fourth-order valence-electron chi connectivity index (χ4n) is 1.70. The summed E-state index contributed by atoms with van der Waals surface area (Å²) in [5.41, 5.74) is 6.85. The lowest BCUT2D eigenvalue weighted by Crippen LogP contribution is -2.44. The highest BCUT2D eigenvalue weighted by Gasteiger charge is 2.24. The minimum atomic E-state index is -0.0423. The Morgan fingerprint density at radius 2 is 1.94 bits per heavy atom. The van der Waals surface area contributed by atoms with Crippen molar-refractivity contribution >= 4 is 5.82 Å². The van der Waals surface area contributed by atoms with Crippen LogP contribution in [-0.4, -0.2) is 22.1 Å². The topological polar surface area (TPSA) is 63.8 Å². The van der Waals surface area contributed by atoms with E-state index in [1.165, 1.54) is 0 Å². The SMILES string of the molecule is CCc1cc(NC(CC)(CC)CN)ncn1. The quantitative estimate of drug-likeness (QED) is 0.772. The van der Waals surface area contributed by atoms with Crippen LogP contribution in [0.5, 0.6) is 0 Å². The van der Waals surface area contributed by atoms with Crippen LogP contribution in [0.1, 0.15) is 39.3 Å². The minimum absolute atomic E-state index is 0.0423. The van der Waals surface area contributed by atoms with Gasteiger partial charge in [-0.2, -0.15) is 0 Å². The molecule has 4 nitrogen and oxygen atoms in total. The summed E-state index contributed by atoms with van der Waals surface area (Å²) in [4.78, 5) is 8.42. The molecule has 0 saturated carbocycles. The van der Waals surface area contributed by atoms with Crippen molar-refractivity contribution in [3.63, 3.8) is 0 Å². The molecule has 0 amide bonds. The Hall–Kier alpha value is -1.16. The van der Waals surface area contributed by atoms with Gasteiger partial charge in [-0.3, -0.25) is 0 Å². The van der Waals surface area contributed by atoms with Gasteiger partial charge in [-0.05, 0) is 19.3 Å². The van der Waals surface area contributed by atoms with Gasteiger partial charge in [0.05, 0.1) is 5.54 Å². The third-order valence-corrected chi connectivity index (χ3v) is 3.22. The number of aromatic nitrogens is 2. The molecule has 0 spiro atoms. The van der Waals surface area contributed by atoms with E-state index in [1.54, 1.807) is 6.33 Å². The molecule has 1 heterocycles. The Kier molecular flexibility index (Phi) is 4.68. The summed E-state index contributed by atoms with van der Waals surface area (Å²) in [7, 11) is 0. The zero-order chi connectivity index (χ0) is 12.0. The van der Waals surface area contributed by atoms with E-state index in [9.17, 15) is 0 Å². The molecule has 0 aliphatic carbocycles. The second-order valence-corrected chi connectivity index (χ2v) is 4.06. The minimum Gasteiger partial charge on any atom is -0.363 e. The average Bonchev–Trinajstić information content (AvgIpc) is 2.36. The van der Waals surface area contributed by atoms with Gasteiger partial charge in [-0.15, -0.1) is 0 Å². The highest BCUT2D eigenvalue weighted by Crippen LogP contribution is 2.19. The largest absolute Gasteiger partial charge is 0.363 e. The van der Waals surface area contributed by atoms with Crippen molar-refractivity contribution < 1.29 is 0 Å². The molecule has 0 unspecified atom stereocenters. The molecule has 4 heteroatoms. The number of rotatable bonds is 6. The maximum absolute atomic E-state index is 5.84. The van der Waals surface area contributed by atoms with E-state index in [-0.39, 0.29) is 5.54 Å². The van der Waals surface area contributed by atoms with Crippen LogP contribution < -0.4 is 11.1 Å². The van der Waals surface area contributed by atoms with Gasteiger partial charge in [0, 0.05) is 18.3 Å². The number of anilines is 1. The molecule has 0 atom stereocenters. The molecule has 1 aromatic heterocycles. The van der Waals surface area contributed by atoms with Crippen LogP contribution in [0.2, 0.25) is 0 Å². The van der Waals surface area contributed by atoms with Crippen LogP contribution in [0.25, 0.3) is 0 Å². The number of nitrogens with two attached hydrogens (primary N) is 1. The molecule has 1 rings (SSSR count). The molecular weight excluding hydrogens is 200 g/mol. The number of nitrogens with one attached hydrogen (secondary N) is 1. The summed E-state index contributed by atoms with van der Waals surface area (Å²) in [5.74, 6) is 0.876. The second kappa shape index (κ2) is 5.80. The van der Waals surface area contributed by atoms with Gasteiger partial charge in [-0.1, -0.05) is 20.8 Å². The Morgan fingerprint density at radius 1 is 1.25 bits per heavy atom. The molecule has 3 N–H and O–H groups in total. The van der Waals surface area contributed by atoms with Gasteiger partial charge in [-0.25, -0.2) is 9.97 Å². The Labute approximate surface area is 97.7 Å². The first kappa shape index (κ1) is 12.9. The molecule has 0 saturated heterocycles. The van der Waals surface area contributed by atoms with E-state index in [1.807, 2.05) is 6.07 Å². The third kappa shape index (κ3) is 2.92. The average molecular weight is 222 g/mol. The Balaban J connectivity index is 2.84. The monoisotopic (exact) mass is 222 g/mol. The first-order valence-electron chi connectivity index (χ1n) is 5.98. The lowest BCUT2D eigenvalue weighted by atomic mass is 9.93. The molecule has 0 fully saturated rings. The molecule has 1 aromatic rings. The molecule has 90 valence electrons. The van der Waals surface area contributed by atoms with Gasteiger partial charge in [0.1, 0.15) is 12.1 Å². The van der Waals surface area contributed by atoms with E-state index in [2.05, 4.69) is 36.1 Å². The summed E-state index contributed by atoms with van der Waals surface area (Å²) in [6.45, 7) is 6.99. The van der Waals surface area contributed by atoms with E-state index in [0.717, 1.165) is 30.8 Å². The second-order valence-electron chi connectivity index (χ2n) is 4.06. The van der Waals surface area contributed by atoms with Crippen molar-refractivity contribution in [2.24, 2.45) is 5.73 Å². The zero-order valence-electron chi connectivity index (χ0n) is 10.5. The molecule has 0 aromatic carbocycles. The van der Waals surface area contributed by atoms with Gasteiger partial charge in [0.2, 0.25) is 0 Å². The number of nitrogens with zero attached hydrogens (tertiary/aromatic N) is 2. The first-order chi connectivity index (χ1) is 7.69. The van der Waals surface area contributed by atoms with E-state index in [0.29, 0.717) is 6.54 Å². The van der Waals surface area contributed by atoms with Crippen LogP contribution in [0, 0.1) is 0 Å². The first-order valence-corrected chi connectivity index (χ1v) is 5.98. The van der Waals surface area contributed by atoms with Crippen LogP contribution in [0.15, 0.2) is 12.4 Å². The van der Waals surface area contributed by atoms with Crippen molar-refractivity contribution in [3.8, 4) is 0 Å². The number of hydrogen-bond acceptors (Lipinski definition) is 4. The summed E-state index contributed by atoms with van der Waals surface area (Å²) in [6, 6.07) is 2.00. The lowest BCUT2D eigenvalue weighted by Gasteiger charge is -2.32. The Morgan fingerprint density at radius 3 is 2.44 bits per heavy atom. The fourth-order valence-corrected chi connectivity index (χ4v) is 1.70. The molecule has 16 heavy (non-hydrogen) atoms. The van der Waals surface area contributed by atoms with Crippen molar-refractivity contribution in [3.05, 3.63) is 18.1 Å². The molecule has 0 aliphatic rings.